The molecule has 2 heteroatoms. The second-order valence-corrected chi connectivity index (χ2v) is 4.17. The first-order valence-corrected chi connectivity index (χ1v) is 5.30. The van der Waals surface area contributed by atoms with E-state index in [4.69, 9.17) is 11.5 Å². The molecular formula is C14H16N2. The maximum absolute atomic E-state index is 6.09. The van der Waals surface area contributed by atoms with E-state index in [0.29, 0.717) is 0 Å². The third-order valence-corrected chi connectivity index (χ3v) is 2.73. The van der Waals surface area contributed by atoms with E-state index in [1.807, 2.05) is 31.2 Å². The highest BCUT2D eigenvalue weighted by molar-refractivity contribution is 5.80. The van der Waals surface area contributed by atoms with Crippen molar-refractivity contribution in [1.82, 2.24) is 0 Å². The Labute approximate surface area is 95.9 Å². The highest BCUT2D eigenvalue weighted by Crippen LogP contribution is 2.30. The van der Waals surface area contributed by atoms with Gasteiger partial charge in [-0.15, -0.1) is 0 Å². The predicted octanol–water partition coefficient (Wildman–Crippen LogP) is 3.13. The fourth-order valence-electron chi connectivity index (χ4n) is 1.92. The molecule has 0 unspecified atom stereocenters. The lowest BCUT2D eigenvalue weighted by molar-refractivity contribution is 1.38. The van der Waals surface area contributed by atoms with Crippen molar-refractivity contribution in [2.75, 3.05) is 11.5 Å². The third kappa shape index (κ3) is 1.87. The van der Waals surface area contributed by atoms with Crippen molar-refractivity contribution in [3.8, 4) is 11.1 Å². The minimum Gasteiger partial charge on any atom is -0.399 e. The lowest BCUT2D eigenvalue weighted by Gasteiger charge is -2.10. The Hall–Kier alpha value is -1.96. The van der Waals surface area contributed by atoms with E-state index in [0.717, 1.165) is 28.1 Å². The first kappa shape index (κ1) is 10.6. The largest absolute Gasteiger partial charge is 0.399 e. The second-order valence-electron chi connectivity index (χ2n) is 4.17. The van der Waals surface area contributed by atoms with Crippen molar-refractivity contribution in [3.63, 3.8) is 0 Å². The fraction of sp³-hybridized carbons (Fsp3) is 0.143. The molecule has 0 spiro atoms. The summed E-state index contributed by atoms with van der Waals surface area (Å²) in [4.78, 5) is 0. The first-order valence-electron chi connectivity index (χ1n) is 5.30. The molecule has 0 saturated heterocycles. The molecule has 0 aliphatic carbocycles. The Bertz CT molecular complexity index is 530. The summed E-state index contributed by atoms with van der Waals surface area (Å²) >= 11 is 0. The summed E-state index contributed by atoms with van der Waals surface area (Å²) in [5, 5.41) is 0. The van der Waals surface area contributed by atoms with Gasteiger partial charge in [0.25, 0.3) is 0 Å². The minimum atomic E-state index is 0.760. The zero-order chi connectivity index (χ0) is 11.7. The van der Waals surface area contributed by atoms with Crippen LogP contribution in [-0.2, 0) is 0 Å². The number of hydrogen-bond donors (Lipinski definition) is 2. The molecule has 0 amide bonds. The van der Waals surface area contributed by atoms with Crippen LogP contribution in [0.5, 0.6) is 0 Å². The molecule has 0 bridgehead atoms. The molecule has 0 heterocycles. The van der Waals surface area contributed by atoms with Crippen LogP contribution in [0.2, 0.25) is 0 Å². The smallest absolute Gasteiger partial charge is 0.0423 e. The fourth-order valence-corrected chi connectivity index (χ4v) is 1.92. The van der Waals surface area contributed by atoms with E-state index in [9.17, 15) is 0 Å². The molecule has 0 aromatic heterocycles. The second kappa shape index (κ2) is 3.89. The van der Waals surface area contributed by atoms with Crippen LogP contribution in [0.15, 0.2) is 36.4 Å². The number of nitrogen functional groups attached to an aromatic ring is 2. The molecule has 2 nitrogen and oxygen atoms in total. The molecule has 2 rings (SSSR count). The SMILES string of the molecule is Cc1cc(C)c(N)c(-c2cccc(N)c2)c1. The first-order chi connectivity index (χ1) is 7.58. The zero-order valence-corrected chi connectivity index (χ0v) is 9.62. The number of anilines is 2. The van der Waals surface area contributed by atoms with E-state index >= 15 is 0 Å². The molecule has 16 heavy (non-hydrogen) atoms. The van der Waals surface area contributed by atoms with Crippen molar-refractivity contribution in [2.24, 2.45) is 0 Å². The Kier molecular flexibility index (Phi) is 2.57. The topological polar surface area (TPSA) is 52.0 Å². The molecular weight excluding hydrogens is 196 g/mol. The van der Waals surface area contributed by atoms with Gasteiger partial charge in [-0.05, 0) is 43.2 Å². The van der Waals surface area contributed by atoms with E-state index in [1.54, 1.807) is 0 Å². The number of benzene rings is 2. The van der Waals surface area contributed by atoms with E-state index in [2.05, 4.69) is 19.1 Å². The van der Waals surface area contributed by atoms with Crippen molar-refractivity contribution in [2.45, 2.75) is 13.8 Å². The molecule has 4 N–H and O–H groups in total. The molecule has 2 aromatic carbocycles. The standard InChI is InChI=1S/C14H16N2/c1-9-6-10(2)14(16)13(7-9)11-4-3-5-12(15)8-11/h3-8H,15-16H2,1-2H3. The van der Waals surface area contributed by atoms with E-state index < -0.39 is 0 Å². The van der Waals surface area contributed by atoms with Crippen molar-refractivity contribution >= 4 is 11.4 Å². The minimum absolute atomic E-state index is 0.760. The van der Waals surface area contributed by atoms with Crippen LogP contribution in [-0.4, -0.2) is 0 Å². The van der Waals surface area contributed by atoms with E-state index in [-0.39, 0.29) is 0 Å². The van der Waals surface area contributed by atoms with Crippen LogP contribution in [0.3, 0.4) is 0 Å². The Morgan fingerprint density at radius 2 is 1.69 bits per heavy atom. The maximum atomic E-state index is 6.09. The lowest BCUT2D eigenvalue weighted by atomic mass is 9.98. The molecule has 2 aromatic rings. The molecule has 0 aliphatic heterocycles. The third-order valence-electron chi connectivity index (χ3n) is 2.73. The number of hydrogen-bond acceptors (Lipinski definition) is 2. The molecule has 0 atom stereocenters. The Balaban J connectivity index is 2.64. The summed E-state index contributed by atoms with van der Waals surface area (Å²) in [6, 6.07) is 12.0. The highest BCUT2D eigenvalue weighted by atomic mass is 14.6. The normalized spacial score (nSPS) is 10.4. The molecule has 0 saturated carbocycles. The monoisotopic (exact) mass is 212 g/mol. The van der Waals surface area contributed by atoms with Gasteiger partial charge in [0.2, 0.25) is 0 Å². The summed E-state index contributed by atoms with van der Waals surface area (Å²) in [5.41, 5.74) is 17.9. The zero-order valence-electron chi connectivity index (χ0n) is 9.62. The van der Waals surface area contributed by atoms with Gasteiger partial charge in [-0.2, -0.15) is 0 Å². The highest BCUT2D eigenvalue weighted by Gasteiger charge is 2.06. The van der Waals surface area contributed by atoms with Gasteiger partial charge >= 0.3 is 0 Å². The number of nitrogens with two attached hydrogens (primary N) is 2. The van der Waals surface area contributed by atoms with Crippen molar-refractivity contribution in [1.29, 1.82) is 0 Å². The van der Waals surface area contributed by atoms with Crippen LogP contribution in [0.1, 0.15) is 11.1 Å². The van der Waals surface area contributed by atoms with Gasteiger partial charge in [-0.3, -0.25) is 0 Å². The molecule has 0 aliphatic rings. The Morgan fingerprint density at radius 1 is 0.938 bits per heavy atom. The summed E-state index contributed by atoms with van der Waals surface area (Å²) < 4.78 is 0. The molecule has 0 fully saturated rings. The van der Waals surface area contributed by atoms with Crippen LogP contribution >= 0.6 is 0 Å². The molecule has 82 valence electrons. The van der Waals surface area contributed by atoms with Crippen molar-refractivity contribution < 1.29 is 0 Å². The average Bonchev–Trinajstić information content (AvgIpc) is 2.23. The number of aryl methyl sites for hydroxylation is 2. The van der Waals surface area contributed by atoms with Gasteiger partial charge in [0.05, 0.1) is 0 Å². The van der Waals surface area contributed by atoms with Gasteiger partial charge < -0.3 is 11.5 Å². The van der Waals surface area contributed by atoms with Gasteiger partial charge in [-0.25, -0.2) is 0 Å². The summed E-state index contributed by atoms with van der Waals surface area (Å²) in [6.07, 6.45) is 0. The quantitative estimate of drug-likeness (QED) is 0.713. The summed E-state index contributed by atoms with van der Waals surface area (Å²) in [6.45, 7) is 4.10. The van der Waals surface area contributed by atoms with Crippen LogP contribution in [0.25, 0.3) is 11.1 Å². The van der Waals surface area contributed by atoms with Crippen molar-refractivity contribution in [3.05, 3.63) is 47.5 Å². The summed E-state index contributed by atoms with van der Waals surface area (Å²) in [7, 11) is 0. The summed E-state index contributed by atoms with van der Waals surface area (Å²) in [5.74, 6) is 0. The van der Waals surface area contributed by atoms with Crippen LogP contribution < -0.4 is 11.5 Å². The van der Waals surface area contributed by atoms with Gasteiger partial charge in [0.15, 0.2) is 0 Å². The molecule has 0 radical (unpaired) electrons. The van der Waals surface area contributed by atoms with Crippen LogP contribution in [0, 0.1) is 13.8 Å². The van der Waals surface area contributed by atoms with Crippen LogP contribution in [0.4, 0.5) is 11.4 Å². The number of rotatable bonds is 1. The van der Waals surface area contributed by atoms with Gasteiger partial charge in [0.1, 0.15) is 0 Å². The van der Waals surface area contributed by atoms with Gasteiger partial charge in [0, 0.05) is 16.9 Å². The lowest BCUT2D eigenvalue weighted by Crippen LogP contribution is -1.95. The Morgan fingerprint density at radius 3 is 2.38 bits per heavy atom. The van der Waals surface area contributed by atoms with Gasteiger partial charge in [-0.1, -0.05) is 23.8 Å². The van der Waals surface area contributed by atoms with E-state index in [1.165, 1.54) is 5.56 Å². The maximum Gasteiger partial charge on any atom is 0.0423 e. The predicted molar refractivity (Wildman–Crippen MR) is 70.2 cm³/mol. The average molecular weight is 212 g/mol.